The number of hydrogen-bond acceptors (Lipinski definition) is 1. The fourth-order valence-corrected chi connectivity index (χ4v) is 2.39. The topological polar surface area (TPSA) is 26.0 Å². The molecule has 20 heavy (non-hydrogen) atoms. The van der Waals surface area contributed by atoms with Crippen LogP contribution in [0.2, 0.25) is 0 Å². The molecular formula is C16H16F3N. The highest BCUT2D eigenvalue weighted by Gasteiger charge is 2.36. The Balaban J connectivity index is 2.76. The van der Waals surface area contributed by atoms with Crippen molar-refractivity contribution < 1.29 is 13.2 Å². The Morgan fingerprint density at radius 1 is 1.00 bits per heavy atom. The van der Waals surface area contributed by atoms with E-state index in [2.05, 4.69) is 0 Å². The molecule has 0 spiro atoms. The molecule has 0 saturated carbocycles. The molecule has 0 aliphatic carbocycles. The lowest BCUT2D eigenvalue weighted by molar-refractivity contribution is 0.424. The van der Waals surface area contributed by atoms with E-state index in [0.29, 0.717) is 0 Å². The van der Waals surface area contributed by atoms with Crippen molar-refractivity contribution in [3.63, 3.8) is 0 Å². The molecule has 0 aliphatic rings. The maximum atomic E-state index is 14.3. The van der Waals surface area contributed by atoms with Crippen LogP contribution in [0.15, 0.2) is 36.4 Å². The van der Waals surface area contributed by atoms with Crippen molar-refractivity contribution in [1.82, 2.24) is 0 Å². The third-order valence-electron chi connectivity index (χ3n) is 3.64. The summed E-state index contributed by atoms with van der Waals surface area (Å²) < 4.78 is 42.4. The smallest absolute Gasteiger partial charge is 0.134 e. The monoisotopic (exact) mass is 279 g/mol. The van der Waals surface area contributed by atoms with Crippen molar-refractivity contribution in [1.29, 1.82) is 0 Å². The lowest BCUT2D eigenvalue weighted by Gasteiger charge is -2.31. The van der Waals surface area contributed by atoms with Crippen LogP contribution in [0.1, 0.15) is 30.0 Å². The zero-order valence-electron chi connectivity index (χ0n) is 11.4. The first-order valence-electron chi connectivity index (χ1n) is 6.40. The van der Waals surface area contributed by atoms with E-state index in [-0.39, 0.29) is 23.1 Å². The summed E-state index contributed by atoms with van der Waals surface area (Å²) in [6.07, 6.45) is 0.172. The van der Waals surface area contributed by atoms with Crippen LogP contribution in [0.25, 0.3) is 0 Å². The van der Waals surface area contributed by atoms with E-state index in [9.17, 15) is 13.2 Å². The minimum atomic E-state index is -1.54. The van der Waals surface area contributed by atoms with E-state index < -0.39 is 23.0 Å². The SMILES string of the molecule is CCC(N)(c1ccccc1F)c1c(F)ccc(C)c1F. The van der Waals surface area contributed by atoms with Crippen LogP contribution >= 0.6 is 0 Å². The molecule has 0 heterocycles. The Morgan fingerprint density at radius 2 is 1.65 bits per heavy atom. The van der Waals surface area contributed by atoms with Gasteiger partial charge in [0.2, 0.25) is 0 Å². The summed E-state index contributed by atoms with van der Waals surface area (Å²) in [6.45, 7) is 3.20. The van der Waals surface area contributed by atoms with Crippen molar-refractivity contribution in [2.45, 2.75) is 25.8 Å². The molecule has 1 nitrogen and oxygen atoms in total. The van der Waals surface area contributed by atoms with Gasteiger partial charge in [0, 0.05) is 11.1 Å². The van der Waals surface area contributed by atoms with Crippen LogP contribution in [0.5, 0.6) is 0 Å². The second kappa shape index (κ2) is 5.29. The molecule has 2 rings (SSSR count). The van der Waals surface area contributed by atoms with Gasteiger partial charge in [-0.1, -0.05) is 31.2 Å². The zero-order valence-corrected chi connectivity index (χ0v) is 11.4. The van der Waals surface area contributed by atoms with Gasteiger partial charge in [0.1, 0.15) is 17.5 Å². The number of halogens is 3. The van der Waals surface area contributed by atoms with Crippen molar-refractivity contribution >= 4 is 0 Å². The molecule has 2 N–H and O–H groups in total. The normalized spacial score (nSPS) is 14.1. The van der Waals surface area contributed by atoms with Gasteiger partial charge < -0.3 is 5.73 Å². The standard InChI is InChI=1S/C16H16F3N/c1-3-16(20,11-6-4-5-7-12(11)17)14-13(18)9-8-10(2)15(14)19/h4-9H,3,20H2,1-2H3. The summed E-state index contributed by atoms with van der Waals surface area (Å²) in [7, 11) is 0. The second-order valence-electron chi connectivity index (χ2n) is 4.86. The van der Waals surface area contributed by atoms with E-state index in [4.69, 9.17) is 5.73 Å². The molecule has 0 bridgehead atoms. The quantitative estimate of drug-likeness (QED) is 0.902. The van der Waals surface area contributed by atoms with Crippen LogP contribution in [-0.2, 0) is 5.54 Å². The third-order valence-corrected chi connectivity index (χ3v) is 3.64. The number of hydrogen-bond donors (Lipinski definition) is 1. The Kier molecular flexibility index (Phi) is 3.86. The van der Waals surface area contributed by atoms with Gasteiger partial charge in [-0.25, -0.2) is 13.2 Å². The molecule has 2 aromatic rings. The van der Waals surface area contributed by atoms with Crippen LogP contribution in [0.3, 0.4) is 0 Å². The van der Waals surface area contributed by atoms with Gasteiger partial charge in [-0.2, -0.15) is 0 Å². The largest absolute Gasteiger partial charge is 0.317 e. The fraction of sp³-hybridized carbons (Fsp3) is 0.250. The molecule has 2 aromatic carbocycles. The Hall–Kier alpha value is -1.81. The van der Waals surface area contributed by atoms with Gasteiger partial charge in [0.05, 0.1) is 5.54 Å². The maximum absolute atomic E-state index is 14.3. The predicted molar refractivity (Wildman–Crippen MR) is 72.8 cm³/mol. The van der Waals surface area contributed by atoms with Crippen LogP contribution in [0.4, 0.5) is 13.2 Å². The lowest BCUT2D eigenvalue weighted by Crippen LogP contribution is -2.40. The molecular weight excluding hydrogens is 263 g/mol. The van der Waals surface area contributed by atoms with Crippen molar-refractivity contribution in [2.24, 2.45) is 5.73 Å². The Bertz CT molecular complexity index is 640. The number of rotatable bonds is 3. The molecule has 0 amide bonds. The summed E-state index contributed by atoms with van der Waals surface area (Å²) in [5.74, 6) is -2.06. The maximum Gasteiger partial charge on any atom is 0.134 e. The van der Waals surface area contributed by atoms with Gasteiger partial charge >= 0.3 is 0 Å². The third kappa shape index (κ3) is 2.20. The molecule has 1 atom stereocenters. The highest BCUT2D eigenvalue weighted by Crippen LogP contribution is 2.36. The first-order valence-corrected chi connectivity index (χ1v) is 6.40. The van der Waals surface area contributed by atoms with E-state index in [1.54, 1.807) is 13.0 Å². The summed E-state index contributed by atoms with van der Waals surface area (Å²) in [6, 6.07) is 8.30. The number of aryl methyl sites for hydroxylation is 1. The van der Waals surface area contributed by atoms with Gasteiger partial charge in [-0.3, -0.25) is 0 Å². The van der Waals surface area contributed by atoms with E-state index in [1.807, 2.05) is 0 Å². The minimum absolute atomic E-state index is 0.0888. The van der Waals surface area contributed by atoms with Gasteiger partial charge in [0.25, 0.3) is 0 Å². The molecule has 0 aromatic heterocycles. The van der Waals surface area contributed by atoms with Crippen LogP contribution in [0, 0.1) is 24.4 Å². The Labute approximate surface area is 116 Å². The second-order valence-corrected chi connectivity index (χ2v) is 4.86. The summed E-state index contributed by atoms with van der Waals surface area (Å²) in [5.41, 5.74) is 4.74. The van der Waals surface area contributed by atoms with Gasteiger partial charge in [-0.15, -0.1) is 0 Å². The molecule has 1 unspecified atom stereocenters. The van der Waals surface area contributed by atoms with Crippen LogP contribution in [-0.4, -0.2) is 0 Å². The number of benzene rings is 2. The fourth-order valence-electron chi connectivity index (χ4n) is 2.39. The average Bonchev–Trinajstić information content (AvgIpc) is 2.43. The highest BCUT2D eigenvalue weighted by molar-refractivity contribution is 5.42. The summed E-state index contributed by atoms with van der Waals surface area (Å²) in [5, 5.41) is 0. The summed E-state index contributed by atoms with van der Waals surface area (Å²) in [4.78, 5) is 0. The van der Waals surface area contributed by atoms with Gasteiger partial charge in [-0.05, 0) is 31.0 Å². The molecule has 4 heteroatoms. The van der Waals surface area contributed by atoms with Crippen molar-refractivity contribution in [2.75, 3.05) is 0 Å². The highest BCUT2D eigenvalue weighted by atomic mass is 19.1. The molecule has 0 saturated heterocycles. The zero-order chi connectivity index (χ0) is 14.9. The molecule has 0 fully saturated rings. The molecule has 0 radical (unpaired) electrons. The van der Waals surface area contributed by atoms with E-state index in [1.165, 1.54) is 31.2 Å². The minimum Gasteiger partial charge on any atom is -0.317 e. The van der Waals surface area contributed by atoms with E-state index >= 15 is 0 Å². The first-order chi connectivity index (χ1) is 9.41. The van der Waals surface area contributed by atoms with Crippen molar-refractivity contribution in [3.8, 4) is 0 Å². The first kappa shape index (κ1) is 14.6. The number of nitrogens with two attached hydrogens (primary N) is 1. The van der Waals surface area contributed by atoms with Gasteiger partial charge in [0.15, 0.2) is 0 Å². The summed E-state index contributed by atoms with van der Waals surface area (Å²) >= 11 is 0. The van der Waals surface area contributed by atoms with Crippen LogP contribution < -0.4 is 5.73 Å². The Morgan fingerprint density at radius 3 is 2.25 bits per heavy atom. The molecule has 0 aliphatic heterocycles. The molecule has 106 valence electrons. The van der Waals surface area contributed by atoms with Crippen molar-refractivity contribution in [3.05, 3.63) is 70.5 Å². The lowest BCUT2D eigenvalue weighted by atomic mass is 9.80. The van der Waals surface area contributed by atoms with E-state index in [0.717, 1.165) is 6.07 Å². The average molecular weight is 279 g/mol. The predicted octanol–water partition coefficient (Wildman–Crippen LogP) is 4.02.